The molecule has 9 heteroatoms. The number of nitrogens with zero attached hydrogens (tertiary/aromatic N) is 3. The summed E-state index contributed by atoms with van der Waals surface area (Å²) in [6, 6.07) is 9.21. The number of allylic oxidation sites excluding steroid dienone is 3. The number of pyridine rings is 3. The van der Waals surface area contributed by atoms with Crippen molar-refractivity contribution in [2.75, 3.05) is 11.1 Å². The van der Waals surface area contributed by atoms with Gasteiger partial charge in [-0.05, 0) is 53.6 Å². The predicted octanol–water partition coefficient (Wildman–Crippen LogP) is 3.10. The zero-order valence-electron chi connectivity index (χ0n) is 18.7. The van der Waals surface area contributed by atoms with Crippen LogP contribution in [0.1, 0.15) is 25.0 Å². The second-order valence-corrected chi connectivity index (χ2v) is 7.72. The van der Waals surface area contributed by atoms with Gasteiger partial charge in [-0.3, -0.25) is 4.98 Å². The molecule has 9 N–H and O–H groups in total. The van der Waals surface area contributed by atoms with Crippen LogP contribution in [0.3, 0.4) is 0 Å². The van der Waals surface area contributed by atoms with Crippen molar-refractivity contribution in [3.63, 3.8) is 0 Å². The standard InChI is InChI=1S/C24H29N9/c1-15(2)17(9-25)8-23(28)33-24-6-4-20-21(32-24)7-18(14-30-20)19(10-26)13-29-11-16-3-5-22(27)31-12-16/h3-10,12-15,26,29H,11,25,28H2,1-2H3,(H2,27,31)(H,32,33)/b17-9+,19-13+,23-8+,26-10?. The van der Waals surface area contributed by atoms with E-state index in [1.165, 1.54) is 6.21 Å². The van der Waals surface area contributed by atoms with Crippen LogP contribution in [-0.4, -0.2) is 21.2 Å². The molecule has 0 saturated heterocycles. The van der Waals surface area contributed by atoms with E-state index in [0.717, 1.165) is 22.2 Å². The molecule has 3 heterocycles. The zero-order chi connectivity index (χ0) is 23.8. The van der Waals surface area contributed by atoms with E-state index in [-0.39, 0.29) is 5.92 Å². The number of rotatable bonds is 9. The molecule has 0 fully saturated rings. The molecule has 170 valence electrons. The average Bonchev–Trinajstić information content (AvgIpc) is 2.81. The summed E-state index contributed by atoms with van der Waals surface area (Å²) >= 11 is 0. The number of fused-ring (bicyclic) bond motifs is 1. The van der Waals surface area contributed by atoms with E-state index in [9.17, 15) is 0 Å². The van der Waals surface area contributed by atoms with Crippen molar-refractivity contribution >= 4 is 34.5 Å². The van der Waals surface area contributed by atoms with E-state index in [4.69, 9.17) is 22.6 Å². The van der Waals surface area contributed by atoms with Crippen molar-refractivity contribution in [1.29, 1.82) is 5.41 Å². The lowest BCUT2D eigenvalue weighted by Crippen LogP contribution is -2.12. The van der Waals surface area contributed by atoms with Gasteiger partial charge in [0.25, 0.3) is 0 Å². The fraction of sp³-hybridized carbons (Fsp3) is 0.167. The Labute approximate surface area is 193 Å². The molecule has 0 aromatic carbocycles. The lowest BCUT2D eigenvalue weighted by Gasteiger charge is -2.10. The average molecular weight is 444 g/mol. The van der Waals surface area contributed by atoms with E-state index in [0.29, 0.717) is 35.1 Å². The Kier molecular flexibility index (Phi) is 7.59. The highest BCUT2D eigenvalue weighted by Crippen LogP contribution is 2.19. The number of nitrogen functional groups attached to an aromatic ring is 1. The predicted molar refractivity (Wildman–Crippen MR) is 135 cm³/mol. The van der Waals surface area contributed by atoms with Gasteiger partial charge in [0.15, 0.2) is 0 Å². The minimum Gasteiger partial charge on any atom is -0.404 e. The van der Waals surface area contributed by atoms with Gasteiger partial charge in [0.05, 0.1) is 11.0 Å². The van der Waals surface area contributed by atoms with Gasteiger partial charge in [0.1, 0.15) is 17.5 Å². The third-order valence-electron chi connectivity index (χ3n) is 4.89. The van der Waals surface area contributed by atoms with Crippen LogP contribution in [0, 0.1) is 11.3 Å². The van der Waals surface area contributed by atoms with Gasteiger partial charge in [-0.1, -0.05) is 19.9 Å². The van der Waals surface area contributed by atoms with Crippen LogP contribution in [0.5, 0.6) is 0 Å². The Morgan fingerprint density at radius 2 is 1.94 bits per heavy atom. The summed E-state index contributed by atoms with van der Waals surface area (Å²) in [5.41, 5.74) is 22.2. The molecular formula is C24H29N9. The van der Waals surface area contributed by atoms with Gasteiger partial charge in [-0.2, -0.15) is 0 Å². The summed E-state index contributed by atoms with van der Waals surface area (Å²) < 4.78 is 0. The van der Waals surface area contributed by atoms with Crippen LogP contribution >= 0.6 is 0 Å². The maximum Gasteiger partial charge on any atom is 0.132 e. The Bertz CT molecular complexity index is 1210. The molecule has 0 atom stereocenters. The molecule has 3 rings (SSSR count). The van der Waals surface area contributed by atoms with Crippen LogP contribution in [0.4, 0.5) is 11.6 Å². The van der Waals surface area contributed by atoms with Gasteiger partial charge in [0, 0.05) is 42.5 Å². The lowest BCUT2D eigenvalue weighted by atomic mass is 10.0. The molecule has 0 aliphatic rings. The van der Waals surface area contributed by atoms with Crippen molar-refractivity contribution in [2.24, 2.45) is 17.4 Å². The molecule has 0 radical (unpaired) electrons. The SMILES string of the molecule is CC(C)C(=C/N)/C=C(\N)Nc1ccc2ncc(/C(C=N)=C/NCc3ccc(N)nc3)cc2n1. The molecule has 33 heavy (non-hydrogen) atoms. The molecule has 0 unspecified atom stereocenters. The first kappa shape index (κ1) is 23.3. The van der Waals surface area contributed by atoms with E-state index < -0.39 is 0 Å². The maximum absolute atomic E-state index is 7.81. The van der Waals surface area contributed by atoms with Gasteiger partial charge >= 0.3 is 0 Å². The second kappa shape index (κ2) is 10.8. The van der Waals surface area contributed by atoms with Crippen LogP contribution in [0.25, 0.3) is 16.6 Å². The van der Waals surface area contributed by atoms with Crippen molar-refractivity contribution in [3.05, 3.63) is 83.7 Å². The molecule has 0 saturated carbocycles. The summed E-state index contributed by atoms with van der Waals surface area (Å²) in [5, 5.41) is 14.1. The van der Waals surface area contributed by atoms with E-state index in [1.807, 2.05) is 38.1 Å². The van der Waals surface area contributed by atoms with Crippen molar-refractivity contribution in [3.8, 4) is 0 Å². The van der Waals surface area contributed by atoms with Crippen LogP contribution in [0.2, 0.25) is 0 Å². The molecule has 0 aliphatic heterocycles. The van der Waals surface area contributed by atoms with Crippen LogP contribution in [-0.2, 0) is 6.54 Å². The van der Waals surface area contributed by atoms with Gasteiger partial charge < -0.3 is 33.2 Å². The molecule has 0 aliphatic carbocycles. The fourth-order valence-corrected chi connectivity index (χ4v) is 3.03. The largest absolute Gasteiger partial charge is 0.404 e. The maximum atomic E-state index is 7.81. The smallest absolute Gasteiger partial charge is 0.132 e. The van der Waals surface area contributed by atoms with Gasteiger partial charge in [0.2, 0.25) is 0 Å². The minimum absolute atomic E-state index is 0.253. The summed E-state index contributed by atoms with van der Waals surface area (Å²) in [6.45, 7) is 4.64. The summed E-state index contributed by atoms with van der Waals surface area (Å²) in [4.78, 5) is 13.2. The summed E-state index contributed by atoms with van der Waals surface area (Å²) in [7, 11) is 0. The second-order valence-electron chi connectivity index (χ2n) is 7.72. The number of hydrogen-bond donors (Lipinski definition) is 6. The number of nitrogens with one attached hydrogen (secondary N) is 3. The first-order chi connectivity index (χ1) is 15.9. The topological polar surface area (TPSA) is 165 Å². The molecule has 3 aromatic heterocycles. The Balaban J connectivity index is 1.78. The first-order valence-electron chi connectivity index (χ1n) is 10.5. The van der Waals surface area contributed by atoms with Crippen molar-refractivity contribution in [1.82, 2.24) is 20.3 Å². The molecule has 0 spiro atoms. The molecular weight excluding hydrogens is 414 g/mol. The summed E-state index contributed by atoms with van der Waals surface area (Å²) in [6.07, 6.45) is 9.81. The van der Waals surface area contributed by atoms with E-state index in [1.54, 1.807) is 36.9 Å². The van der Waals surface area contributed by atoms with Crippen molar-refractivity contribution in [2.45, 2.75) is 20.4 Å². The highest BCUT2D eigenvalue weighted by molar-refractivity contribution is 6.08. The van der Waals surface area contributed by atoms with Crippen LogP contribution in [0.15, 0.2) is 72.6 Å². The fourth-order valence-electron chi connectivity index (χ4n) is 3.03. The quantitative estimate of drug-likeness (QED) is 0.217. The van der Waals surface area contributed by atoms with Gasteiger partial charge in [-0.15, -0.1) is 0 Å². The normalized spacial score (nSPS) is 12.8. The van der Waals surface area contributed by atoms with E-state index >= 15 is 0 Å². The number of aromatic nitrogens is 3. The van der Waals surface area contributed by atoms with Gasteiger partial charge in [-0.25, -0.2) is 9.97 Å². The van der Waals surface area contributed by atoms with Crippen LogP contribution < -0.4 is 27.8 Å². The number of nitrogens with two attached hydrogens (primary N) is 3. The zero-order valence-corrected chi connectivity index (χ0v) is 18.7. The molecule has 9 nitrogen and oxygen atoms in total. The number of hydrogen-bond acceptors (Lipinski definition) is 9. The first-order valence-corrected chi connectivity index (χ1v) is 10.5. The molecule has 3 aromatic rings. The van der Waals surface area contributed by atoms with Crippen molar-refractivity contribution < 1.29 is 0 Å². The highest BCUT2D eigenvalue weighted by Gasteiger charge is 2.06. The molecule has 0 bridgehead atoms. The Hall–Kier alpha value is -4.40. The molecule has 0 amide bonds. The third-order valence-corrected chi connectivity index (χ3v) is 4.89. The minimum atomic E-state index is 0.253. The Morgan fingerprint density at radius 1 is 1.12 bits per heavy atom. The van der Waals surface area contributed by atoms with E-state index in [2.05, 4.69) is 25.6 Å². The number of anilines is 2. The lowest BCUT2D eigenvalue weighted by molar-refractivity contribution is 0.786. The highest BCUT2D eigenvalue weighted by atomic mass is 15.1. The monoisotopic (exact) mass is 443 g/mol. The summed E-state index contributed by atoms with van der Waals surface area (Å²) in [5.74, 6) is 1.76. The third kappa shape index (κ3) is 6.30. The Morgan fingerprint density at radius 3 is 2.61 bits per heavy atom.